The Morgan fingerprint density at radius 2 is 1.90 bits per heavy atom. The minimum Gasteiger partial charge on any atom is -0.0840 e. The molecule has 0 saturated carbocycles. The largest absolute Gasteiger partial charge is 0.0840 e. The predicted octanol–water partition coefficient (Wildman–Crippen LogP) is 3.29. The van der Waals surface area contributed by atoms with Gasteiger partial charge < -0.3 is 0 Å². The third-order valence-corrected chi connectivity index (χ3v) is 1.74. The van der Waals surface area contributed by atoms with Gasteiger partial charge in [-0.3, -0.25) is 0 Å². The van der Waals surface area contributed by atoms with Crippen molar-refractivity contribution in [1.29, 1.82) is 0 Å². The lowest BCUT2D eigenvalue weighted by Gasteiger charge is -1.94. The lowest BCUT2D eigenvalue weighted by Crippen LogP contribution is -1.72. The van der Waals surface area contributed by atoms with Crippen LogP contribution in [0.4, 0.5) is 0 Å². The highest BCUT2D eigenvalue weighted by molar-refractivity contribution is 6.48. The Balaban J connectivity index is 2.96. The summed E-state index contributed by atoms with van der Waals surface area (Å²) in [6.07, 6.45) is 1.89. The van der Waals surface area contributed by atoms with E-state index in [-0.39, 0.29) is 0 Å². The van der Waals surface area contributed by atoms with E-state index in [0.29, 0.717) is 0 Å². The van der Waals surface area contributed by atoms with Gasteiger partial charge in [-0.15, -0.1) is 0 Å². The molecule has 0 fully saturated rings. The highest BCUT2D eigenvalue weighted by Crippen LogP contribution is 2.16. The Labute approximate surface area is 66.1 Å². The number of hydrogen-bond acceptors (Lipinski definition) is 0. The summed E-state index contributed by atoms with van der Waals surface area (Å²) in [5.74, 6) is 0. The molecule has 0 saturated heterocycles. The van der Waals surface area contributed by atoms with Crippen molar-refractivity contribution in [2.75, 3.05) is 0 Å². The van der Waals surface area contributed by atoms with E-state index < -0.39 is 0 Å². The molecule has 0 aliphatic carbocycles. The Morgan fingerprint density at radius 1 is 1.30 bits per heavy atom. The number of hydrogen-bond donors (Lipinski definition) is 0. The van der Waals surface area contributed by atoms with Crippen molar-refractivity contribution in [3.63, 3.8) is 0 Å². The second-order valence-corrected chi connectivity index (χ2v) is 2.41. The van der Waals surface area contributed by atoms with Crippen LogP contribution < -0.4 is 0 Å². The molecule has 0 N–H and O–H groups in total. The van der Waals surface area contributed by atoms with E-state index in [4.69, 9.17) is 11.6 Å². The molecule has 0 heterocycles. The van der Waals surface area contributed by atoms with E-state index in [2.05, 4.69) is 0 Å². The molecule has 1 heteroatoms. The van der Waals surface area contributed by atoms with Crippen LogP contribution in [0.1, 0.15) is 12.5 Å². The topological polar surface area (TPSA) is 0 Å². The van der Waals surface area contributed by atoms with Crippen LogP contribution >= 0.6 is 11.6 Å². The van der Waals surface area contributed by atoms with Crippen molar-refractivity contribution < 1.29 is 0 Å². The Hall–Kier alpha value is -0.750. The first-order valence-corrected chi connectivity index (χ1v) is 3.59. The summed E-state index contributed by atoms with van der Waals surface area (Å²) in [5.41, 5.74) is 1.08. The molecule has 0 unspecified atom stereocenters. The van der Waals surface area contributed by atoms with Gasteiger partial charge in [0, 0.05) is 5.03 Å². The zero-order valence-electron chi connectivity index (χ0n) is 5.84. The van der Waals surface area contributed by atoms with Gasteiger partial charge in [-0.1, -0.05) is 48.0 Å². The molecule has 1 rings (SSSR count). The van der Waals surface area contributed by atoms with E-state index in [1.165, 1.54) is 0 Å². The zero-order chi connectivity index (χ0) is 7.40. The average molecular weight is 153 g/mol. The summed E-state index contributed by atoms with van der Waals surface area (Å²) in [4.78, 5) is 0. The van der Waals surface area contributed by atoms with E-state index in [1.807, 2.05) is 43.3 Å². The maximum Gasteiger partial charge on any atom is 0.0435 e. The zero-order valence-corrected chi connectivity index (χ0v) is 6.60. The van der Waals surface area contributed by atoms with Gasteiger partial charge in [-0.05, 0) is 12.5 Å². The van der Waals surface area contributed by atoms with Gasteiger partial charge in [0.1, 0.15) is 0 Å². The van der Waals surface area contributed by atoms with Gasteiger partial charge in [0.15, 0.2) is 0 Å². The number of rotatable bonds is 1. The van der Waals surface area contributed by atoms with Crippen molar-refractivity contribution in [3.05, 3.63) is 42.0 Å². The molecule has 52 valence electrons. The molecule has 0 radical (unpaired) electrons. The molecule has 0 spiro atoms. The van der Waals surface area contributed by atoms with E-state index in [1.54, 1.807) is 0 Å². The number of halogens is 1. The van der Waals surface area contributed by atoms with Crippen LogP contribution in [0.25, 0.3) is 5.03 Å². The average Bonchev–Trinajstić information content (AvgIpc) is 2.05. The molecule has 0 nitrogen and oxygen atoms in total. The second kappa shape index (κ2) is 3.43. The summed E-state index contributed by atoms with van der Waals surface area (Å²) in [5, 5.41) is 0.806. The van der Waals surface area contributed by atoms with Crippen molar-refractivity contribution >= 4 is 16.6 Å². The smallest absolute Gasteiger partial charge is 0.0435 e. The van der Waals surface area contributed by atoms with Gasteiger partial charge in [-0.25, -0.2) is 0 Å². The SMILES string of the molecule is CC=C(Cl)c1ccccc1. The van der Waals surface area contributed by atoms with E-state index in [9.17, 15) is 0 Å². The normalized spacial score (nSPS) is 11.6. The molecule has 0 aliphatic rings. The van der Waals surface area contributed by atoms with Gasteiger partial charge in [0.05, 0.1) is 0 Å². The molecule has 0 aliphatic heterocycles. The van der Waals surface area contributed by atoms with Crippen molar-refractivity contribution in [2.45, 2.75) is 6.92 Å². The first kappa shape index (κ1) is 7.36. The summed E-state index contributed by atoms with van der Waals surface area (Å²) in [6.45, 7) is 1.93. The fraction of sp³-hybridized carbons (Fsp3) is 0.111. The summed E-state index contributed by atoms with van der Waals surface area (Å²) < 4.78 is 0. The monoisotopic (exact) mass is 152 g/mol. The maximum atomic E-state index is 5.85. The fourth-order valence-electron chi connectivity index (χ4n) is 0.764. The third-order valence-electron chi connectivity index (χ3n) is 1.30. The highest BCUT2D eigenvalue weighted by Gasteiger charge is 1.91. The fourth-order valence-corrected chi connectivity index (χ4v) is 0.890. The molecule has 1 aromatic rings. The lowest BCUT2D eigenvalue weighted by atomic mass is 10.2. The van der Waals surface area contributed by atoms with Crippen LogP contribution in [-0.2, 0) is 0 Å². The van der Waals surface area contributed by atoms with Crippen LogP contribution in [-0.4, -0.2) is 0 Å². The van der Waals surface area contributed by atoms with Crippen molar-refractivity contribution in [3.8, 4) is 0 Å². The molecular formula is C9H9Cl. The summed E-state index contributed by atoms with van der Waals surface area (Å²) in [7, 11) is 0. The molecule has 10 heavy (non-hydrogen) atoms. The van der Waals surface area contributed by atoms with E-state index >= 15 is 0 Å². The van der Waals surface area contributed by atoms with Gasteiger partial charge in [-0.2, -0.15) is 0 Å². The lowest BCUT2D eigenvalue weighted by molar-refractivity contribution is 1.63. The Bertz CT molecular complexity index is 224. The van der Waals surface area contributed by atoms with Gasteiger partial charge in [0.2, 0.25) is 0 Å². The third kappa shape index (κ3) is 1.61. The predicted molar refractivity (Wildman–Crippen MR) is 45.9 cm³/mol. The molecule has 0 bridgehead atoms. The van der Waals surface area contributed by atoms with Gasteiger partial charge in [0.25, 0.3) is 0 Å². The van der Waals surface area contributed by atoms with Crippen LogP contribution in [0.15, 0.2) is 36.4 Å². The molecule has 0 atom stereocenters. The maximum absolute atomic E-state index is 5.85. The first-order chi connectivity index (χ1) is 4.84. The summed E-state index contributed by atoms with van der Waals surface area (Å²) >= 11 is 5.85. The minimum atomic E-state index is 0.806. The molecule has 0 aromatic heterocycles. The summed E-state index contributed by atoms with van der Waals surface area (Å²) in [6, 6.07) is 9.90. The second-order valence-electron chi connectivity index (χ2n) is 2.00. The van der Waals surface area contributed by atoms with E-state index in [0.717, 1.165) is 10.6 Å². The van der Waals surface area contributed by atoms with Crippen LogP contribution in [0.2, 0.25) is 0 Å². The first-order valence-electron chi connectivity index (χ1n) is 3.22. The quantitative estimate of drug-likeness (QED) is 0.580. The number of allylic oxidation sites excluding steroid dienone is 1. The number of benzene rings is 1. The van der Waals surface area contributed by atoms with Crippen LogP contribution in [0.5, 0.6) is 0 Å². The Morgan fingerprint density at radius 3 is 2.40 bits per heavy atom. The van der Waals surface area contributed by atoms with Crippen LogP contribution in [0, 0.1) is 0 Å². The van der Waals surface area contributed by atoms with Gasteiger partial charge >= 0.3 is 0 Å². The van der Waals surface area contributed by atoms with Crippen LogP contribution in [0.3, 0.4) is 0 Å². The highest BCUT2D eigenvalue weighted by atomic mass is 35.5. The molecular weight excluding hydrogens is 144 g/mol. The molecule has 0 amide bonds. The van der Waals surface area contributed by atoms with Crippen molar-refractivity contribution in [2.24, 2.45) is 0 Å². The molecule has 1 aromatic carbocycles. The van der Waals surface area contributed by atoms with Crippen molar-refractivity contribution in [1.82, 2.24) is 0 Å². The standard InChI is InChI=1S/C9H9Cl/c1-2-9(10)8-6-4-3-5-7-8/h2-7H,1H3. The minimum absolute atomic E-state index is 0.806. The Kier molecular flexibility index (Phi) is 2.52.